The van der Waals surface area contributed by atoms with Gasteiger partial charge in [0.05, 0.1) is 6.42 Å². The molecule has 0 saturated heterocycles. The van der Waals surface area contributed by atoms with Crippen LogP contribution in [0.4, 0.5) is 17.1 Å². The fourth-order valence-corrected chi connectivity index (χ4v) is 2.42. The van der Waals surface area contributed by atoms with Crippen LogP contribution in [0.3, 0.4) is 0 Å². The lowest BCUT2D eigenvalue weighted by atomic mass is 10.2. The average Bonchev–Trinajstić information content (AvgIpc) is 2.67. The van der Waals surface area contributed by atoms with E-state index in [4.69, 9.17) is 0 Å². The van der Waals surface area contributed by atoms with Crippen molar-refractivity contribution < 1.29 is 19.2 Å². The van der Waals surface area contributed by atoms with E-state index in [1.165, 1.54) is 6.92 Å². The van der Waals surface area contributed by atoms with Gasteiger partial charge in [0.1, 0.15) is 0 Å². The van der Waals surface area contributed by atoms with Crippen molar-refractivity contribution in [2.45, 2.75) is 27.2 Å². The zero-order chi connectivity index (χ0) is 22.1. The van der Waals surface area contributed by atoms with Crippen LogP contribution >= 0.6 is 0 Å². The number of carbonyl (C=O) groups excluding carboxylic acids is 4. The normalized spacial score (nSPS) is 10.7. The Morgan fingerprint density at radius 1 is 0.800 bits per heavy atom. The molecule has 0 saturated carbocycles. The number of hydrogen-bond donors (Lipinski definition) is 4. The summed E-state index contributed by atoms with van der Waals surface area (Å²) >= 11 is 0. The maximum absolute atomic E-state index is 12.1. The molecular weight excluding hydrogens is 386 g/mol. The maximum Gasteiger partial charge on any atom is 0.329 e. The number of amides is 4. The molecule has 156 valence electrons. The summed E-state index contributed by atoms with van der Waals surface area (Å²) in [7, 11) is 0. The summed E-state index contributed by atoms with van der Waals surface area (Å²) in [6, 6.07) is 13.6. The molecule has 30 heavy (non-hydrogen) atoms. The second kappa shape index (κ2) is 10.5. The van der Waals surface area contributed by atoms with E-state index in [1.807, 2.05) is 13.0 Å². The summed E-state index contributed by atoms with van der Waals surface area (Å²) in [6.45, 7) is 4.83. The van der Waals surface area contributed by atoms with E-state index >= 15 is 0 Å². The minimum atomic E-state index is -0.940. The number of rotatable bonds is 6. The molecule has 0 aromatic heterocycles. The van der Waals surface area contributed by atoms with Crippen molar-refractivity contribution in [2.75, 3.05) is 16.0 Å². The molecule has 0 fully saturated rings. The standard InChI is InChI=1S/C21H23N5O4/c1-13-5-4-6-18(11-13)24-20(29)21(30)26-25-14(2)12-19(28)23-17-9-7-16(8-10-17)22-15(3)27/h4-11H,12H2,1-3H3,(H,22,27)(H,23,28)(H,24,29)(H,26,30). The van der Waals surface area contributed by atoms with Gasteiger partial charge in [-0.1, -0.05) is 12.1 Å². The molecule has 0 unspecified atom stereocenters. The SMILES string of the molecule is CC(=O)Nc1ccc(NC(=O)CC(C)=NNC(=O)C(=O)Nc2cccc(C)c2)cc1. The van der Waals surface area contributed by atoms with Gasteiger partial charge in [0.25, 0.3) is 0 Å². The first-order chi connectivity index (χ1) is 14.2. The first-order valence-electron chi connectivity index (χ1n) is 9.11. The van der Waals surface area contributed by atoms with Crippen LogP contribution < -0.4 is 21.4 Å². The van der Waals surface area contributed by atoms with Gasteiger partial charge >= 0.3 is 11.8 Å². The molecule has 0 atom stereocenters. The van der Waals surface area contributed by atoms with E-state index < -0.39 is 11.8 Å². The molecule has 0 bridgehead atoms. The number of hydrogen-bond acceptors (Lipinski definition) is 5. The Kier molecular flexibility index (Phi) is 7.81. The van der Waals surface area contributed by atoms with Crippen molar-refractivity contribution in [1.82, 2.24) is 5.43 Å². The Balaban J connectivity index is 1.82. The van der Waals surface area contributed by atoms with Gasteiger partial charge in [-0.15, -0.1) is 0 Å². The third kappa shape index (κ3) is 7.55. The number of benzene rings is 2. The van der Waals surface area contributed by atoms with Crippen LogP contribution in [0, 0.1) is 6.92 Å². The maximum atomic E-state index is 12.1. The molecule has 9 heteroatoms. The van der Waals surface area contributed by atoms with Crippen molar-refractivity contribution in [2.24, 2.45) is 5.10 Å². The first kappa shape index (κ1) is 22.3. The van der Waals surface area contributed by atoms with Crippen molar-refractivity contribution >= 4 is 46.4 Å². The number of nitrogens with zero attached hydrogens (tertiary/aromatic N) is 1. The minimum absolute atomic E-state index is 0.0762. The zero-order valence-electron chi connectivity index (χ0n) is 16.9. The fraction of sp³-hybridized carbons (Fsp3) is 0.190. The van der Waals surface area contributed by atoms with Crippen LogP contribution in [-0.2, 0) is 19.2 Å². The van der Waals surface area contributed by atoms with Crippen LogP contribution in [0.5, 0.6) is 0 Å². The zero-order valence-corrected chi connectivity index (χ0v) is 16.9. The molecule has 0 spiro atoms. The van der Waals surface area contributed by atoms with Crippen molar-refractivity contribution in [3.05, 3.63) is 54.1 Å². The highest BCUT2D eigenvalue weighted by Crippen LogP contribution is 2.14. The highest BCUT2D eigenvalue weighted by atomic mass is 16.2. The Bertz CT molecular complexity index is 983. The van der Waals surface area contributed by atoms with E-state index in [9.17, 15) is 19.2 Å². The molecule has 4 amide bonds. The van der Waals surface area contributed by atoms with Gasteiger partial charge in [-0.25, -0.2) is 5.43 Å². The highest BCUT2D eigenvalue weighted by Gasteiger charge is 2.13. The molecule has 0 aliphatic carbocycles. The smallest absolute Gasteiger partial charge is 0.326 e. The number of nitrogens with one attached hydrogen (secondary N) is 4. The molecule has 0 aliphatic rings. The summed E-state index contributed by atoms with van der Waals surface area (Å²) in [5, 5.41) is 11.6. The van der Waals surface area contributed by atoms with Crippen LogP contribution in [0.25, 0.3) is 0 Å². The lowest BCUT2D eigenvalue weighted by Crippen LogP contribution is -2.33. The minimum Gasteiger partial charge on any atom is -0.326 e. The van der Waals surface area contributed by atoms with Gasteiger partial charge in [-0.2, -0.15) is 5.10 Å². The molecule has 2 aromatic carbocycles. The predicted octanol–water partition coefficient (Wildman–Crippen LogP) is 2.41. The third-order valence-electron chi connectivity index (χ3n) is 3.74. The topological polar surface area (TPSA) is 129 Å². The summed E-state index contributed by atoms with van der Waals surface area (Å²) < 4.78 is 0. The van der Waals surface area contributed by atoms with Gasteiger partial charge in [-0.05, 0) is 55.8 Å². The lowest BCUT2D eigenvalue weighted by Gasteiger charge is -2.07. The summed E-state index contributed by atoms with van der Waals surface area (Å²) in [4.78, 5) is 46.8. The van der Waals surface area contributed by atoms with Gasteiger partial charge in [0.15, 0.2) is 0 Å². The second-order valence-corrected chi connectivity index (χ2v) is 6.60. The van der Waals surface area contributed by atoms with E-state index in [2.05, 4.69) is 26.5 Å². The number of carbonyl (C=O) groups is 4. The molecule has 0 aliphatic heterocycles. The predicted molar refractivity (Wildman–Crippen MR) is 115 cm³/mol. The first-order valence-corrected chi connectivity index (χ1v) is 9.11. The van der Waals surface area contributed by atoms with Crippen LogP contribution in [-0.4, -0.2) is 29.3 Å². The summed E-state index contributed by atoms with van der Waals surface area (Å²) in [6.07, 6.45) is -0.0762. The number of anilines is 3. The molecule has 2 aromatic rings. The highest BCUT2D eigenvalue weighted by molar-refractivity contribution is 6.39. The number of aryl methyl sites for hydroxylation is 1. The average molecular weight is 409 g/mol. The van der Waals surface area contributed by atoms with Crippen LogP contribution in [0.1, 0.15) is 25.8 Å². The molecule has 2 rings (SSSR count). The van der Waals surface area contributed by atoms with E-state index in [0.29, 0.717) is 22.8 Å². The van der Waals surface area contributed by atoms with Crippen LogP contribution in [0.15, 0.2) is 53.6 Å². The molecule has 4 N–H and O–H groups in total. The lowest BCUT2D eigenvalue weighted by molar-refractivity contribution is -0.136. The largest absolute Gasteiger partial charge is 0.329 e. The molecule has 0 radical (unpaired) electrons. The van der Waals surface area contributed by atoms with Crippen LogP contribution in [0.2, 0.25) is 0 Å². The summed E-state index contributed by atoms with van der Waals surface area (Å²) in [5.41, 5.74) is 5.05. The number of hydrazone groups is 1. The Hall–Kier alpha value is -4.01. The van der Waals surface area contributed by atoms with Gasteiger partial charge < -0.3 is 16.0 Å². The van der Waals surface area contributed by atoms with E-state index in [-0.39, 0.29) is 18.2 Å². The van der Waals surface area contributed by atoms with Gasteiger partial charge in [0.2, 0.25) is 11.8 Å². The third-order valence-corrected chi connectivity index (χ3v) is 3.74. The van der Waals surface area contributed by atoms with Gasteiger partial charge in [-0.3, -0.25) is 19.2 Å². The fourth-order valence-electron chi connectivity index (χ4n) is 2.42. The Morgan fingerprint density at radius 2 is 1.43 bits per heavy atom. The second-order valence-electron chi connectivity index (χ2n) is 6.60. The molecular formula is C21H23N5O4. The van der Waals surface area contributed by atoms with Crippen molar-refractivity contribution in [3.8, 4) is 0 Å². The van der Waals surface area contributed by atoms with Crippen molar-refractivity contribution in [1.29, 1.82) is 0 Å². The monoisotopic (exact) mass is 409 g/mol. The van der Waals surface area contributed by atoms with Crippen molar-refractivity contribution in [3.63, 3.8) is 0 Å². The van der Waals surface area contributed by atoms with Gasteiger partial charge in [0, 0.05) is 29.7 Å². The van der Waals surface area contributed by atoms with E-state index in [0.717, 1.165) is 5.56 Å². The van der Waals surface area contributed by atoms with E-state index in [1.54, 1.807) is 49.4 Å². The Morgan fingerprint density at radius 3 is 2.03 bits per heavy atom. The quantitative estimate of drug-likeness (QED) is 0.332. The molecule has 0 heterocycles. The summed E-state index contributed by atoms with van der Waals surface area (Å²) in [5.74, 6) is -2.33. The Labute approximate surface area is 173 Å². The molecule has 9 nitrogen and oxygen atoms in total.